The van der Waals surface area contributed by atoms with Crippen molar-refractivity contribution >= 4 is 39.3 Å². The summed E-state index contributed by atoms with van der Waals surface area (Å²) in [5.41, 5.74) is 0. The SMILES string of the molecule is CSC(C)C(=O)OCCSSc1ccccn1. The average molecular weight is 289 g/mol. The van der Waals surface area contributed by atoms with Crippen molar-refractivity contribution in [1.82, 2.24) is 4.98 Å². The van der Waals surface area contributed by atoms with Crippen molar-refractivity contribution < 1.29 is 9.53 Å². The van der Waals surface area contributed by atoms with Crippen LogP contribution in [0, 0.1) is 0 Å². The van der Waals surface area contributed by atoms with E-state index in [1.165, 1.54) is 11.8 Å². The van der Waals surface area contributed by atoms with Crippen LogP contribution in [0.3, 0.4) is 0 Å². The molecule has 3 nitrogen and oxygen atoms in total. The zero-order valence-corrected chi connectivity index (χ0v) is 12.2. The molecule has 1 rings (SSSR count). The van der Waals surface area contributed by atoms with E-state index in [0.29, 0.717) is 6.61 Å². The summed E-state index contributed by atoms with van der Waals surface area (Å²) in [5.74, 6) is 0.634. The van der Waals surface area contributed by atoms with Crippen LogP contribution in [0.25, 0.3) is 0 Å². The van der Waals surface area contributed by atoms with Crippen molar-refractivity contribution in [2.24, 2.45) is 0 Å². The van der Waals surface area contributed by atoms with Crippen molar-refractivity contribution in [2.75, 3.05) is 18.6 Å². The molecule has 0 aromatic carbocycles. The molecule has 1 heterocycles. The maximum absolute atomic E-state index is 11.3. The Morgan fingerprint density at radius 1 is 1.53 bits per heavy atom. The highest BCUT2D eigenvalue weighted by Crippen LogP contribution is 2.28. The molecule has 1 aromatic heterocycles. The highest BCUT2D eigenvalue weighted by Gasteiger charge is 2.11. The van der Waals surface area contributed by atoms with Crippen LogP contribution < -0.4 is 0 Å². The molecule has 0 saturated carbocycles. The summed E-state index contributed by atoms with van der Waals surface area (Å²) in [5, 5.41) is 0.893. The van der Waals surface area contributed by atoms with E-state index in [4.69, 9.17) is 4.74 Å². The topological polar surface area (TPSA) is 39.2 Å². The van der Waals surface area contributed by atoms with Gasteiger partial charge in [0.1, 0.15) is 11.6 Å². The molecule has 0 fully saturated rings. The minimum Gasteiger partial charge on any atom is -0.464 e. The highest BCUT2D eigenvalue weighted by atomic mass is 33.1. The molecule has 1 unspecified atom stereocenters. The van der Waals surface area contributed by atoms with Crippen molar-refractivity contribution in [1.29, 1.82) is 0 Å². The van der Waals surface area contributed by atoms with Gasteiger partial charge in [0, 0.05) is 11.9 Å². The number of carbonyl (C=O) groups excluding carboxylic acids is 1. The zero-order chi connectivity index (χ0) is 12.5. The Balaban J connectivity index is 2.07. The third-order valence-corrected chi connectivity index (χ3v) is 5.01. The number of nitrogens with zero attached hydrogens (tertiary/aromatic N) is 1. The Morgan fingerprint density at radius 3 is 3.00 bits per heavy atom. The molecule has 0 bridgehead atoms. The molecule has 94 valence electrons. The number of aromatic nitrogens is 1. The molecule has 0 amide bonds. The Hall–Kier alpha value is -0.330. The molecule has 1 aromatic rings. The lowest BCUT2D eigenvalue weighted by molar-refractivity contribution is -0.141. The summed E-state index contributed by atoms with van der Waals surface area (Å²) in [6.45, 7) is 2.30. The van der Waals surface area contributed by atoms with Crippen LogP contribution in [0.15, 0.2) is 29.4 Å². The van der Waals surface area contributed by atoms with Crippen LogP contribution in [0.4, 0.5) is 0 Å². The third kappa shape index (κ3) is 6.24. The number of carbonyl (C=O) groups is 1. The van der Waals surface area contributed by atoms with E-state index in [1.54, 1.807) is 27.8 Å². The molecular formula is C11H15NO2S3. The Labute approximate surface area is 114 Å². The van der Waals surface area contributed by atoms with Crippen LogP contribution in [-0.2, 0) is 9.53 Å². The lowest BCUT2D eigenvalue weighted by atomic mass is 10.5. The van der Waals surface area contributed by atoms with E-state index in [0.717, 1.165) is 10.8 Å². The fourth-order valence-electron chi connectivity index (χ4n) is 0.888. The van der Waals surface area contributed by atoms with Crippen molar-refractivity contribution in [3.05, 3.63) is 24.4 Å². The van der Waals surface area contributed by atoms with Crippen molar-refractivity contribution in [3.8, 4) is 0 Å². The quantitative estimate of drug-likeness (QED) is 0.436. The molecule has 0 spiro atoms. The number of esters is 1. The fraction of sp³-hybridized carbons (Fsp3) is 0.455. The second-order valence-electron chi connectivity index (χ2n) is 3.12. The normalized spacial score (nSPS) is 12.1. The van der Waals surface area contributed by atoms with E-state index < -0.39 is 0 Å². The lowest BCUT2D eigenvalue weighted by Crippen LogP contribution is -2.17. The number of pyridine rings is 1. The number of rotatable bonds is 7. The predicted molar refractivity (Wildman–Crippen MR) is 76.5 cm³/mol. The number of ether oxygens (including phenoxy) is 1. The lowest BCUT2D eigenvalue weighted by Gasteiger charge is -2.08. The average Bonchev–Trinajstić information content (AvgIpc) is 2.38. The summed E-state index contributed by atoms with van der Waals surface area (Å²) >= 11 is 1.50. The number of thioether (sulfide) groups is 1. The minimum atomic E-state index is -0.138. The van der Waals surface area contributed by atoms with Crippen LogP contribution in [0.1, 0.15) is 6.92 Å². The van der Waals surface area contributed by atoms with E-state index in [2.05, 4.69) is 4.98 Å². The largest absolute Gasteiger partial charge is 0.464 e. The third-order valence-electron chi connectivity index (χ3n) is 1.88. The molecule has 0 aliphatic heterocycles. The van der Waals surface area contributed by atoms with Gasteiger partial charge in [-0.1, -0.05) is 16.9 Å². The minimum absolute atomic E-state index is 0.0801. The zero-order valence-electron chi connectivity index (χ0n) is 9.79. The van der Waals surface area contributed by atoms with Crippen molar-refractivity contribution in [3.63, 3.8) is 0 Å². The second-order valence-corrected chi connectivity index (χ2v) is 6.73. The van der Waals surface area contributed by atoms with E-state index in [-0.39, 0.29) is 11.2 Å². The summed E-state index contributed by atoms with van der Waals surface area (Å²) in [6.07, 6.45) is 3.67. The van der Waals surface area contributed by atoms with Gasteiger partial charge < -0.3 is 4.74 Å². The first-order valence-corrected chi connectivity index (χ1v) is 8.74. The second kappa shape index (κ2) is 8.72. The van der Waals surface area contributed by atoms with E-state index in [9.17, 15) is 4.79 Å². The molecule has 17 heavy (non-hydrogen) atoms. The van der Waals surface area contributed by atoms with Crippen molar-refractivity contribution in [2.45, 2.75) is 17.2 Å². The smallest absolute Gasteiger partial charge is 0.318 e. The fourth-order valence-corrected chi connectivity index (χ4v) is 2.85. The van der Waals surface area contributed by atoms with Gasteiger partial charge in [0.2, 0.25) is 0 Å². The molecule has 6 heteroatoms. The first-order chi connectivity index (χ1) is 8.24. The monoisotopic (exact) mass is 289 g/mol. The van der Waals surface area contributed by atoms with Gasteiger partial charge in [-0.15, -0.1) is 0 Å². The summed E-state index contributed by atoms with van der Waals surface area (Å²) in [7, 11) is 3.23. The molecular weight excluding hydrogens is 274 g/mol. The predicted octanol–water partition coefficient (Wildman–Crippen LogP) is 3.12. The first kappa shape index (κ1) is 14.7. The van der Waals surface area contributed by atoms with E-state index >= 15 is 0 Å². The van der Waals surface area contributed by atoms with Gasteiger partial charge in [0.15, 0.2) is 0 Å². The van der Waals surface area contributed by atoms with Crippen LogP contribution in [-0.4, -0.2) is 34.8 Å². The molecule has 0 saturated heterocycles. The Morgan fingerprint density at radius 2 is 2.35 bits per heavy atom. The van der Waals surface area contributed by atoms with Gasteiger partial charge in [-0.2, -0.15) is 11.8 Å². The summed E-state index contributed by atoms with van der Waals surface area (Å²) in [6, 6.07) is 5.80. The maximum Gasteiger partial charge on any atom is 0.318 e. The molecule has 0 radical (unpaired) electrons. The van der Waals surface area contributed by atoms with Crippen LogP contribution in [0.5, 0.6) is 0 Å². The number of hydrogen-bond acceptors (Lipinski definition) is 6. The Kier molecular flexibility index (Phi) is 7.55. The van der Waals surface area contributed by atoms with Gasteiger partial charge in [0.25, 0.3) is 0 Å². The van der Waals surface area contributed by atoms with Gasteiger partial charge in [-0.05, 0) is 36.1 Å². The van der Waals surface area contributed by atoms with Gasteiger partial charge in [-0.25, -0.2) is 4.98 Å². The Bertz CT molecular complexity index is 335. The highest BCUT2D eigenvalue weighted by molar-refractivity contribution is 8.76. The first-order valence-electron chi connectivity index (χ1n) is 5.14. The van der Waals surface area contributed by atoms with Gasteiger partial charge in [0.05, 0.1) is 5.25 Å². The standard InChI is InChI=1S/C11H15NO2S3/c1-9(15-2)11(13)14-7-8-16-17-10-5-3-4-6-12-10/h3-6,9H,7-8H2,1-2H3. The maximum atomic E-state index is 11.3. The molecule has 0 N–H and O–H groups in total. The van der Waals surface area contributed by atoms with E-state index in [1.807, 2.05) is 31.4 Å². The summed E-state index contributed by atoms with van der Waals surface area (Å²) in [4.78, 5) is 15.5. The molecule has 0 aliphatic rings. The molecule has 1 atom stereocenters. The molecule has 0 aliphatic carbocycles. The van der Waals surface area contributed by atoms with Crippen LogP contribution >= 0.6 is 33.3 Å². The van der Waals surface area contributed by atoms with Gasteiger partial charge in [-0.3, -0.25) is 4.79 Å². The summed E-state index contributed by atoms with van der Waals surface area (Å²) < 4.78 is 5.12. The van der Waals surface area contributed by atoms with Gasteiger partial charge >= 0.3 is 5.97 Å². The van der Waals surface area contributed by atoms with Crippen LogP contribution in [0.2, 0.25) is 0 Å². The number of hydrogen-bond donors (Lipinski definition) is 0.